The molecule has 1 aliphatic heterocycles. The summed E-state index contributed by atoms with van der Waals surface area (Å²) >= 11 is 6.49. The maximum absolute atomic E-state index is 11.9. The van der Waals surface area contributed by atoms with E-state index in [1.807, 2.05) is 54.7 Å². The van der Waals surface area contributed by atoms with Crippen LogP contribution in [0.15, 0.2) is 54.7 Å². The molecule has 0 aliphatic carbocycles. The Bertz CT molecular complexity index is 1530. The Kier molecular flexibility index (Phi) is 8.30. The van der Waals surface area contributed by atoms with Gasteiger partial charge in [-0.1, -0.05) is 23.7 Å². The summed E-state index contributed by atoms with van der Waals surface area (Å²) < 4.78 is 30.8. The molecule has 0 unspecified atom stereocenters. The number of carbonyl (C=O) groups is 1. The highest BCUT2D eigenvalue weighted by Gasteiger charge is 2.33. The molecule has 41 heavy (non-hydrogen) atoms. The first-order chi connectivity index (χ1) is 19.7. The molecule has 0 amide bonds. The molecule has 0 radical (unpaired) electrons. The van der Waals surface area contributed by atoms with Crippen LogP contribution in [0.1, 0.15) is 55.1 Å². The van der Waals surface area contributed by atoms with Crippen LogP contribution in [0.3, 0.4) is 0 Å². The van der Waals surface area contributed by atoms with Gasteiger partial charge >= 0.3 is 5.97 Å². The zero-order chi connectivity index (χ0) is 29.1. The fraction of sp³-hybridized carbons (Fsp3) is 0.379. The third-order valence-electron chi connectivity index (χ3n) is 6.98. The SMILES string of the molecule is COC(=O)C(C)(C)OCc1nnn(CC[C@H]2O[C@H](c3cccc(OC)c3OC)c3cc(Cl)ccc3-n3cccc32)n1. The summed E-state index contributed by atoms with van der Waals surface area (Å²) in [6, 6.07) is 15.5. The van der Waals surface area contributed by atoms with Gasteiger partial charge in [-0.05, 0) is 55.5 Å². The summed E-state index contributed by atoms with van der Waals surface area (Å²) in [7, 11) is 4.54. The third-order valence-corrected chi connectivity index (χ3v) is 7.22. The second-order valence-electron chi connectivity index (χ2n) is 9.97. The molecule has 216 valence electrons. The van der Waals surface area contributed by atoms with Crippen molar-refractivity contribution in [2.45, 2.75) is 51.2 Å². The van der Waals surface area contributed by atoms with Crippen molar-refractivity contribution >= 4 is 17.6 Å². The number of hydrogen-bond donors (Lipinski definition) is 0. The molecule has 0 saturated carbocycles. The van der Waals surface area contributed by atoms with Gasteiger partial charge in [0.1, 0.15) is 18.8 Å². The van der Waals surface area contributed by atoms with Crippen molar-refractivity contribution in [1.82, 2.24) is 24.8 Å². The maximum atomic E-state index is 11.9. The normalized spacial score (nSPS) is 16.4. The van der Waals surface area contributed by atoms with Crippen molar-refractivity contribution in [2.75, 3.05) is 21.3 Å². The molecule has 0 saturated heterocycles. The van der Waals surface area contributed by atoms with Crippen molar-refractivity contribution in [3.05, 3.63) is 82.4 Å². The van der Waals surface area contributed by atoms with Gasteiger partial charge in [0.05, 0.1) is 39.3 Å². The number of aromatic nitrogens is 5. The number of ether oxygens (including phenoxy) is 5. The fourth-order valence-electron chi connectivity index (χ4n) is 4.92. The summed E-state index contributed by atoms with van der Waals surface area (Å²) in [6.07, 6.45) is 1.70. The molecular formula is C29H32ClN5O6. The number of para-hydroxylation sites is 1. The lowest BCUT2D eigenvalue weighted by atomic mass is 9.98. The van der Waals surface area contributed by atoms with E-state index < -0.39 is 17.7 Å². The summed E-state index contributed by atoms with van der Waals surface area (Å²) in [5.41, 5.74) is 2.52. The highest BCUT2D eigenvalue weighted by molar-refractivity contribution is 6.30. The summed E-state index contributed by atoms with van der Waals surface area (Å²) in [5.74, 6) is 1.07. The van der Waals surface area contributed by atoms with Crippen LogP contribution in [0.5, 0.6) is 11.5 Å². The molecule has 5 rings (SSSR count). The molecule has 2 atom stereocenters. The second-order valence-corrected chi connectivity index (χ2v) is 10.4. The third kappa shape index (κ3) is 5.79. The Morgan fingerprint density at radius 3 is 2.66 bits per heavy atom. The molecule has 11 nitrogen and oxygen atoms in total. The maximum Gasteiger partial charge on any atom is 0.337 e. The van der Waals surface area contributed by atoms with E-state index in [1.54, 1.807) is 28.1 Å². The van der Waals surface area contributed by atoms with Gasteiger partial charge in [0.15, 0.2) is 22.9 Å². The summed E-state index contributed by atoms with van der Waals surface area (Å²) in [4.78, 5) is 13.4. The van der Waals surface area contributed by atoms with Crippen LogP contribution >= 0.6 is 11.6 Å². The lowest BCUT2D eigenvalue weighted by Crippen LogP contribution is -2.36. The largest absolute Gasteiger partial charge is 0.493 e. The number of esters is 1. The minimum Gasteiger partial charge on any atom is -0.493 e. The lowest BCUT2D eigenvalue weighted by Gasteiger charge is -2.25. The van der Waals surface area contributed by atoms with Gasteiger partial charge in [-0.25, -0.2) is 4.79 Å². The van der Waals surface area contributed by atoms with Crippen LogP contribution in [0, 0.1) is 0 Å². The van der Waals surface area contributed by atoms with Gasteiger partial charge in [0, 0.05) is 28.8 Å². The number of aryl methyl sites for hydroxylation is 1. The Morgan fingerprint density at radius 1 is 1.07 bits per heavy atom. The van der Waals surface area contributed by atoms with Gasteiger partial charge in [0.25, 0.3) is 0 Å². The number of fused-ring (bicyclic) bond motifs is 3. The molecule has 0 fully saturated rings. The number of rotatable bonds is 10. The van der Waals surface area contributed by atoms with Crippen molar-refractivity contribution in [3.63, 3.8) is 0 Å². The smallest absolute Gasteiger partial charge is 0.337 e. The van der Waals surface area contributed by atoms with Crippen LogP contribution in [0.4, 0.5) is 0 Å². The van der Waals surface area contributed by atoms with Crippen LogP contribution in [0.25, 0.3) is 5.69 Å². The molecule has 12 heteroatoms. The van der Waals surface area contributed by atoms with Crippen molar-refractivity contribution in [2.24, 2.45) is 0 Å². The predicted octanol–water partition coefficient (Wildman–Crippen LogP) is 4.85. The minimum absolute atomic E-state index is 0.0126. The molecular weight excluding hydrogens is 550 g/mol. The molecule has 0 bridgehead atoms. The highest BCUT2D eigenvalue weighted by Crippen LogP contribution is 2.46. The van der Waals surface area contributed by atoms with Crippen molar-refractivity contribution in [1.29, 1.82) is 0 Å². The molecule has 2 aromatic heterocycles. The van der Waals surface area contributed by atoms with E-state index in [9.17, 15) is 4.79 Å². The summed E-state index contributed by atoms with van der Waals surface area (Å²) in [5, 5.41) is 13.3. The van der Waals surface area contributed by atoms with Crippen LogP contribution in [-0.4, -0.2) is 57.7 Å². The van der Waals surface area contributed by atoms with E-state index in [4.69, 9.17) is 35.3 Å². The molecule has 1 aliphatic rings. The van der Waals surface area contributed by atoms with Crippen LogP contribution in [0.2, 0.25) is 5.02 Å². The first-order valence-corrected chi connectivity index (χ1v) is 13.5. The predicted molar refractivity (Wildman–Crippen MR) is 149 cm³/mol. The standard InChI is InChI=1S/C29H32ClN5O6/c1-29(2,28(36)39-5)40-17-25-31-33-35(32-25)15-13-23-22-9-7-14-34(22)21-12-11-18(30)16-20(21)26(41-23)19-8-6-10-24(37-3)27(19)38-4/h6-12,14,16,23,26H,13,15,17H2,1-5H3/t23-,26-/m1/s1. The number of benzene rings is 2. The second kappa shape index (κ2) is 11.9. The van der Waals surface area contributed by atoms with E-state index in [0.29, 0.717) is 35.3 Å². The van der Waals surface area contributed by atoms with Crippen molar-refractivity contribution in [3.8, 4) is 17.2 Å². The fourth-order valence-corrected chi connectivity index (χ4v) is 5.11. The number of nitrogens with zero attached hydrogens (tertiary/aromatic N) is 5. The number of tetrazole rings is 1. The van der Waals surface area contributed by atoms with Gasteiger partial charge in [-0.2, -0.15) is 4.80 Å². The molecule has 4 aromatic rings. The molecule has 0 spiro atoms. The first kappa shape index (κ1) is 28.6. The quantitative estimate of drug-likeness (QED) is 0.242. The number of halogens is 1. The first-order valence-electron chi connectivity index (χ1n) is 13.1. The van der Waals surface area contributed by atoms with E-state index in [1.165, 1.54) is 11.9 Å². The lowest BCUT2D eigenvalue weighted by molar-refractivity contribution is -0.166. The zero-order valence-corrected chi connectivity index (χ0v) is 24.3. The molecule has 0 N–H and O–H groups in total. The van der Waals surface area contributed by atoms with E-state index in [-0.39, 0.29) is 12.7 Å². The Labute approximate surface area is 242 Å². The van der Waals surface area contributed by atoms with Gasteiger partial charge < -0.3 is 28.3 Å². The molecule has 2 aromatic carbocycles. The van der Waals surface area contributed by atoms with Gasteiger partial charge in [-0.3, -0.25) is 0 Å². The Hall–Kier alpha value is -3.93. The average molecular weight is 582 g/mol. The monoisotopic (exact) mass is 581 g/mol. The molecule has 3 heterocycles. The van der Waals surface area contributed by atoms with Crippen LogP contribution < -0.4 is 9.47 Å². The summed E-state index contributed by atoms with van der Waals surface area (Å²) in [6.45, 7) is 3.68. The van der Waals surface area contributed by atoms with E-state index in [2.05, 4.69) is 20.0 Å². The number of hydrogen-bond acceptors (Lipinski definition) is 9. The number of carbonyl (C=O) groups excluding carboxylic acids is 1. The van der Waals surface area contributed by atoms with Gasteiger partial charge in [0.2, 0.25) is 0 Å². The van der Waals surface area contributed by atoms with E-state index in [0.717, 1.165) is 22.5 Å². The highest BCUT2D eigenvalue weighted by atomic mass is 35.5. The average Bonchev–Trinajstić information content (AvgIpc) is 3.63. The topological polar surface area (TPSA) is 112 Å². The number of methoxy groups -OCH3 is 3. The zero-order valence-electron chi connectivity index (χ0n) is 23.5. The van der Waals surface area contributed by atoms with Crippen molar-refractivity contribution < 1.29 is 28.5 Å². The van der Waals surface area contributed by atoms with Gasteiger partial charge in [-0.15, -0.1) is 10.2 Å². The van der Waals surface area contributed by atoms with E-state index >= 15 is 0 Å². The van der Waals surface area contributed by atoms with Crippen LogP contribution in [-0.2, 0) is 32.2 Å². The Morgan fingerprint density at radius 2 is 1.90 bits per heavy atom. The Balaban J connectivity index is 1.43. The minimum atomic E-state index is -1.13.